The first-order valence-electron chi connectivity index (χ1n) is 6.45. The van der Waals surface area contributed by atoms with Gasteiger partial charge in [-0.25, -0.2) is 9.18 Å². The molecule has 2 aromatic rings. The van der Waals surface area contributed by atoms with E-state index in [0.717, 1.165) is 0 Å². The van der Waals surface area contributed by atoms with E-state index in [9.17, 15) is 14.0 Å². The van der Waals surface area contributed by atoms with E-state index < -0.39 is 17.7 Å². The number of nitrogens with one attached hydrogen (secondary N) is 1. The van der Waals surface area contributed by atoms with Gasteiger partial charge in [-0.3, -0.25) is 4.79 Å². The van der Waals surface area contributed by atoms with Crippen LogP contribution in [0.1, 0.15) is 27.6 Å². The topological polar surface area (TPSA) is 66.4 Å². The molecule has 0 saturated carbocycles. The fourth-order valence-corrected chi connectivity index (χ4v) is 2.04. The zero-order chi connectivity index (χ0) is 15.4. The summed E-state index contributed by atoms with van der Waals surface area (Å²) in [6.07, 6.45) is 0. The highest BCUT2D eigenvalue weighted by Crippen LogP contribution is 2.25. The van der Waals surface area contributed by atoms with Crippen LogP contribution in [0.2, 0.25) is 0 Å². The molecule has 0 saturated heterocycles. The van der Waals surface area contributed by atoms with Crippen LogP contribution >= 0.6 is 0 Å². The summed E-state index contributed by atoms with van der Waals surface area (Å²) < 4.78 is 14.0. The van der Waals surface area contributed by atoms with E-state index in [1.54, 1.807) is 25.1 Å². The second kappa shape index (κ2) is 6.17. The average molecular weight is 287 g/mol. The summed E-state index contributed by atoms with van der Waals surface area (Å²) >= 11 is 0. The molecule has 108 valence electrons. The molecule has 0 aliphatic carbocycles. The number of carboxylic acid groups (broad SMARTS) is 1. The second-order valence-corrected chi connectivity index (χ2v) is 4.40. The molecule has 0 radical (unpaired) electrons. The summed E-state index contributed by atoms with van der Waals surface area (Å²) in [7, 11) is 0. The predicted molar refractivity (Wildman–Crippen MR) is 76.8 cm³/mol. The van der Waals surface area contributed by atoms with Crippen LogP contribution in [0, 0.1) is 5.82 Å². The highest BCUT2D eigenvalue weighted by molar-refractivity contribution is 5.97. The van der Waals surface area contributed by atoms with Crippen molar-refractivity contribution >= 4 is 11.9 Å². The maximum absolute atomic E-state index is 14.0. The Morgan fingerprint density at radius 1 is 1.14 bits per heavy atom. The molecule has 0 atom stereocenters. The normalized spacial score (nSPS) is 10.2. The second-order valence-electron chi connectivity index (χ2n) is 4.40. The Morgan fingerprint density at radius 2 is 1.86 bits per heavy atom. The molecule has 0 heterocycles. The zero-order valence-electron chi connectivity index (χ0n) is 11.4. The van der Waals surface area contributed by atoms with Crippen LogP contribution in [0.4, 0.5) is 4.39 Å². The Hall–Kier alpha value is -2.69. The first-order chi connectivity index (χ1) is 10.0. The van der Waals surface area contributed by atoms with Crippen molar-refractivity contribution in [1.82, 2.24) is 5.32 Å². The number of hydrogen-bond acceptors (Lipinski definition) is 2. The molecule has 0 fully saturated rings. The summed E-state index contributed by atoms with van der Waals surface area (Å²) in [5.74, 6) is -2.26. The van der Waals surface area contributed by atoms with Crippen molar-refractivity contribution in [2.75, 3.05) is 6.54 Å². The number of hydrogen-bond donors (Lipinski definition) is 2. The van der Waals surface area contributed by atoms with Crippen molar-refractivity contribution in [2.24, 2.45) is 0 Å². The fourth-order valence-electron chi connectivity index (χ4n) is 2.04. The van der Waals surface area contributed by atoms with Gasteiger partial charge < -0.3 is 10.4 Å². The Morgan fingerprint density at radius 3 is 2.48 bits per heavy atom. The molecule has 0 aromatic heterocycles. The summed E-state index contributed by atoms with van der Waals surface area (Å²) in [4.78, 5) is 22.8. The van der Waals surface area contributed by atoms with Gasteiger partial charge in [0.25, 0.3) is 5.91 Å². The minimum atomic E-state index is -1.08. The monoisotopic (exact) mass is 287 g/mol. The number of benzene rings is 2. The summed E-state index contributed by atoms with van der Waals surface area (Å²) in [5.41, 5.74) is 0.848. The third-order valence-corrected chi connectivity index (χ3v) is 3.02. The van der Waals surface area contributed by atoms with Gasteiger partial charge >= 0.3 is 5.97 Å². The van der Waals surface area contributed by atoms with Crippen LogP contribution in [0.3, 0.4) is 0 Å². The number of rotatable bonds is 4. The maximum Gasteiger partial charge on any atom is 0.336 e. The Labute approximate surface area is 121 Å². The summed E-state index contributed by atoms with van der Waals surface area (Å²) in [6, 6.07) is 10.4. The molecule has 0 aliphatic rings. The van der Waals surface area contributed by atoms with Crippen molar-refractivity contribution in [3.63, 3.8) is 0 Å². The van der Waals surface area contributed by atoms with E-state index in [4.69, 9.17) is 5.11 Å². The predicted octanol–water partition coefficient (Wildman–Crippen LogP) is 2.94. The molecule has 21 heavy (non-hydrogen) atoms. The molecular formula is C16H14FNO3. The Kier molecular flexibility index (Phi) is 4.33. The van der Waals surface area contributed by atoms with Crippen LogP contribution in [0.5, 0.6) is 0 Å². The van der Waals surface area contributed by atoms with Gasteiger partial charge in [-0.2, -0.15) is 0 Å². The first-order valence-corrected chi connectivity index (χ1v) is 6.45. The number of carboxylic acids is 1. The van der Waals surface area contributed by atoms with E-state index >= 15 is 0 Å². The Balaban J connectivity index is 2.46. The van der Waals surface area contributed by atoms with Gasteiger partial charge in [0, 0.05) is 6.54 Å². The van der Waals surface area contributed by atoms with Crippen LogP contribution in [-0.4, -0.2) is 23.5 Å². The zero-order valence-corrected chi connectivity index (χ0v) is 11.4. The standard InChI is InChI=1S/C16H14FNO3/c1-2-18-15(19)13-8-7-10(9-14(13)17)11-5-3-4-6-12(11)16(20)21/h3-9H,2H2,1H3,(H,18,19)(H,20,21). The summed E-state index contributed by atoms with van der Waals surface area (Å²) in [5, 5.41) is 11.7. The SMILES string of the molecule is CCNC(=O)c1ccc(-c2ccccc2C(=O)O)cc1F. The number of amides is 1. The van der Waals surface area contributed by atoms with Crippen LogP contribution in [-0.2, 0) is 0 Å². The van der Waals surface area contributed by atoms with Crippen LogP contribution in [0.25, 0.3) is 11.1 Å². The minimum absolute atomic E-state index is 0.0617. The molecular weight excluding hydrogens is 273 g/mol. The lowest BCUT2D eigenvalue weighted by molar-refractivity contribution is 0.0697. The van der Waals surface area contributed by atoms with Gasteiger partial charge in [0.2, 0.25) is 0 Å². The molecule has 5 heteroatoms. The van der Waals surface area contributed by atoms with Gasteiger partial charge in [-0.15, -0.1) is 0 Å². The third kappa shape index (κ3) is 3.08. The van der Waals surface area contributed by atoms with Crippen molar-refractivity contribution in [1.29, 1.82) is 0 Å². The fraction of sp³-hybridized carbons (Fsp3) is 0.125. The van der Waals surface area contributed by atoms with Gasteiger partial charge in [-0.05, 0) is 36.2 Å². The third-order valence-electron chi connectivity index (χ3n) is 3.02. The molecule has 0 unspecified atom stereocenters. The Bertz CT molecular complexity index is 698. The van der Waals surface area contributed by atoms with Crippen molar-refractivity contribution in [3.05, 3.63) is 59.4 Å². The van der Waals surface area contributed by atoms with E-state index in [0.29, 0.717) is 17.7 Å². The molecule has 1 amide bonds. The van der Waals surface area contributed by atoms with Gasteiger partial charge in [0.05, 0.1) is 11.1 Å². The summed E-state index contributed by atoms with van der Waals surface area (Å²) in [6.45, 7) is 2.15. The maximum atomic E-state index is 14.0. The van der Waals surface area contributed by atoms with Crippen molar-refractivity contribution < 1.29 is 19.1 Å². The van der Waals surface area contributed by atoms with E-state index in [1.165, 1.54) is 24.3 Å². The lowest BCUT2D eigenvalue weighted by Gasteiger charge is -2.09. The number of carbonyl (C=O) groups is 2. The highest BCUT2D eigenvalue weighted by Gasteiger charge is 2.15. The van der Waals surface area contributed by atoms with Crippen LogP contribution in [0.15, 0.2) is 42.5 Å². The number of aromatic carboxylic acids is 1. The lowest BCUT2D eigenvalue weighted by atomic mass is 9.98. The smallest absolute Gasteiger partial charge is 0.336 e. The molecule has 0 spiro atoms. The quantitative estimate of drug-likeness (QED) is 0.908. The molecule has 2 rings (SSSR count). The number of halogens is 1. The van der Waals surface area contributed by atoms with E-state index in [-0.39, 0.29) is 11.1 Å². The molecule has 2 aromatic carbocycles. The largest absolute Gasteiger partial charge is 0.478 e. The first kappa shape index (κ1) is 14.7. The van der Waals surface area contributed by atoms with Crippen molar-refractivity contribution in [2.45, 2.75) is 6.92 Å². The average Bonchev–Trinajstić information content (AvgIpc) is 2.47. The minimum Gasteiger partial charge on any atom is -0.478 e. The molecule has 4 nitrogen and oxygen atoms in total. The molecule has 2 N–H and O–H groups in total. The van der Waals surface area contributed by atoms with Crippen LogP contribution < -0.4 is 5.32 Å². The van der Waals surface area contributed by atoms with Crippen molar-refractivity contribution in [3.8, 4) is 11.1 Å². The van der Waals surface area contributed by atoms with E-state index in [2.05, 4.69) is 5.32 Å². The van der Waals surface area contributed by atoms with Gasteiger partial charge in [0.15, 0.2) is 0 Å². The van der Waals surface area contributed by atoms with Gasteiger partial charge in [-0.1, -0.05) is 24.3 Å². The van der Waals surface area contributed by atoms with Gasteiger partial charge in [0.1, 0.15) is 5.82 Å². The lowest BCUT2D eigenvalue weighted by Crippen LogP contribution is -2.23. The molecule has 0 aliphatic heterocycles. The molecule has 0 bridgehead atoms. The number of carbonyl (C=O) groups excluding carboxylic acids is 1. The highest BCUT2D eigenvalue weighted by atomic mass is 19.1. The van der Waals surface area contributed by atoms with E-state index in [1.807, 2.05) is 0 Å².